The zero-order valence-corrected chi connectivity index (χ0v) is 12.0. The molecule has 1 atom stereocenters. The molecule has 110 valence electrons. The van der Waals surface area contributed by atoms with Gasteiger partial charge in [-0.05, 0) is 23.3 Å². The molecule has 4 heteroatoms. The number of carbonyl (C=O) groups excluding carboxylic acids is 1. The van der Waals surface area contributed by atoms with Gasteiger partial charge in [-0.2, -0.15) is 0 Å². The maximum atomic E-state index is 13.1. The van der Waals surface area contributed by atoms with Crippen LogP contribution in [0.4, 0.5) is 4.39 Å². The molecule has 0 bridgehead atoms. The molecular formula is C17H19FN2O. The van der Waals surface area contributed by atoms with E-state index in [1.54, 1.807) is 19.2 Å². The van der Waals surface area contributed by atoms with Crippen molar-refractivity contribution in [2.75, 3.05) is 20.1 Å². The van der Waals surface area contributed by atoms with Gasteiger partial charge in [0.05, 0.1) is 6.54 Å². The summed E-state index contributed by atoms with van der Waals surface area (Å²) in [5.41, 5.74) is 2.15. The topological polar surface area (TPSA) is 41.1 Å². The van der Waals surface area contributed by atoms with E-state index in [1.165, 1.54) is 12.1 Å². The Morgan fingerprint density at radius 2 is 1.67 bits per heavy atom. The summed E-state index contributed by atoms with van der Waals surface area (Å²) in [5, 5.41) is 5.72. The molecule has 0 heterocycles. The van der Waals surface area contributed by atoms with Crippen molar-refractivity contribution >= 4 is 5.91 Å². The van der Waals surface area contributed by atoms with Gasteiger partial charge in [0.25, 0.3) is 0 Å². The molecule has 0 saturated carbocycles. The average Bonchev–Trinajstić information content (AvgIpc) is 2.53. The van der Waals surface area contributed by atoms with Gasteiger partial charge in [0.1, 0.15) is 5.82 Å². The normalized spacial score (nSPS) is 11.9. The Kier molecular flexibility index (Phi) is 5.46. The lowest BCUT2D eigenvalue weighted by molar-refractivity contribution is -0.119. The van der Waals surface area contributed by atoms with Crippen LogP contribution in [0.3, 0.4) is 0 Å². The van der Waals surface area contributed by atoms with Gasteiger partial charge in [0, 0.05) is 19.5 Å². The minimum absolute atomic E-state index is 0.0547. The van der Waals surface area contributed by atoms with Crippen LogP contribution in [0.2, 0.25) is 0 Å². The molecule has 2 aromatic carbocycles. The molecule has 3 nitrogen and oxygen atoms in total. The van der Waals surface area contributed by atoms with Gasteiger partial charge in [-0.25, -0.2) is 4.39 Å². The van der Waals surface area contributed by atoms with Gasteiger partial charge in [-0.1, -0.05) is 42.5 Å². The van der Waals surface area contributed by atoms with E-state index < -0.39 is 0 Å². The molecule has 0 aliphatic rings. The zero-order valence-electron chi connectivity index (χ0n) is 12.0. The van der Waals surface area contributed by atoms with Crippen LogP contribution in [0.1, 0.15) is 17.0 Å². The third-order valence-electron chi connectivity index (χ3n) is 3.39. The standard InChI is InChI=1S/C17H19FN2O/c1-19-17(21)12-20-11-16(13-5-3-2-4-6-13)14-7-9-15(18)10-8-14/h2-10,16,20H,11-12H2,1H3,(H,19,21). The van der Waals surface area contributed by atoms with E-state index in [2.05, 4.69) is 10.6 Å². The summed E-state index contributed by atoms with van der Waals surface area (Å²) in [6.07, 6.45) is 0. The molecule has 2 N–H and O–H groups in total. The fourth-order valence-corrected chi connectivity index (χ4v) is 2.23. The Bertz CT molecular complexity index is 569. The quantitative estimate of drug-likeness (QED) is 0.855. The summed E-state index contributed by atoms with van der Waals surface area (Å²) in [7, 11) is 1.61. The fourth-order valence-electron chi connectivity index (χ4n) is 2.23. The molecule has 1 unspecified atom stereocenters. The first-order valence-corrected chi connectivity index (χ1v) is 6.92. The molecule has 0 aliphatic heterocycles. The van der Waals surface area contributed by atoms with Crippen LogP contribution in [0.5, 0.6) is 0 Å². The van der Waals surface area contributed by atoms with Crippen LogP contribution in [0, 0.1) is 5.82 Å². The van der Waals surface area contributed by atoms with Crippen LogP contribution in [-0.2, 0) is 4.79 Å². The lowest BCUT2D eigenvalue weighted by Crippen LogP contribution is -2.33. The van der Waals surface area contributed by atoms with Crippen molar-refractivity contribution < 1.29 is 9.18 Å². The van der Waals surface area contributed by atoms with Gasteiger partial charge < -0.3 is 10.6 Å². The Labute approximate surface area is 124 Å². The smallest absolute Gasteiger partial charge is 0.233 e. The van der Waals surface area contributed by atoms with Crippen molar-refractivity contribution in [2.45, 2.75) is 5.92 Å². The van der Waals surface area contributed by atoms with Gasteiger partial charge in [-0.3, -0.25) is 4.79 Å². The second-order valence-electron chi connectivity index (χ2n) is 4.82. The number of likely N-dealkylation sites (N-methyl/N-ethyl adjacent to an activating group) is 1. The van der Waals surface area contributed by atoms with E-state index in [9.17, 15) is 9.18 Å². The molecule has 0 spiro atoms. The minimum atomic E-state index is -0.246. The number of hydrogen-bond acceptors (Lipinski definition) is 2. The van der Waals surface area contributed by atoms with E-state index in [0.29, 0.717) is 6.54 Å². The molecular weight excluding hydrogens is 267 g/mol. The van der Waals surface area contributed by atoms with Crippen molar-refractivity contribution in [1.29, 1.82) is 0 Å². The lowest BCUT2D eigenvalue weighted by Gasteiger charge is -2.18. The van der Waals surface area contributed by atoms with E-state index in [4.69, 9.17) is 0 Å². The monoisotopic (exact) mass is 286 g/mol. The molecule has 0 saturated heterocycles. The molecule has 0 radical (unpaired) electrons. The molecule has 2 rings (SSSR count). The average molecular weight is 286 g/mol. The number of nitrogens with one attached hydrogen (secondary N) is 2. The summed E-state index contributed by atoms with van der Waals surface area (Å²) >= 11 is 0. The number of rotatable bonds is 6. The molecule has 0 aromatic heterocycles. The third-order valence-corrected chi connectivity index (χ3v) is 3.39. The van der Waals surface area contributed by atoms with Gasteiger partial charge >= 0.3 is 0 Å². The number of amides is 1. The summed E-state index contributed by atoms with van der Waals surface area (Å²) in [6.45, 7) is 0.879. The van der Waals surface area contributed by atoms with Gasteiger partial charge in [0.15, 0.2) is 0 Å². The van der Waals surface area contributed by atoms with Gasteiger partial charge in [0.2, 0.25) is 5.91 Å². The number of hydrogen-bond donors (Lipinski definition) is 2. The number of halogens is 1. The van der Waals surface area contributed by atoms with Crippen LogP contribution in [-0.4, -0.2) is 26.0 Å². The van der Waals surface area contributed by atoms with Crippen molar-refractivity contribution in [3.63, 3.8) is 0 Å². The Balaban J connectivity index is 2.15. The predicted molar refractivity (Wildman–Crippen MR) is 81.6 cm³/mol. The van der Waals surface area contributed by atoms with Gasteiger partial charge in [-0.15, -0.1) is 0 Å². The maximum Gasteiger partial charge on any atom is 0.233 e. The highest BCUT2D eigenvalue weighted by atomic mass is 19.1. The van der Waals surface area contributed by atoms with E-state index in [1.807, 2.05) is 30.3 Å². The second-order valence-corrected chi connectivity index (χ2v) is 4.82. The first kappa shape index (κ1) is 15.2. The van der Waals surface area contributed by atoms with Crippen LogP contribution in [0.25, 0.3) is 0 Å². The molecule has 0 aliphatic carbocycles. The summed E-state index contributed by atoms with van der Waals surface area (Å²) in [5.74, 6) is -0.221. The number of benzene rings is 2. The van der Waals surface area contributed by atoms with E-state index >= 15 is 0 Å². The highest BCUT2D eigenvalue weighted by Gasteiger charge is 2.14. The fraction of sp³-hybridized carbons (Fsp3) is 0.235. The second kappa shape index (κ2) is 7.55. The summed E-state index contributed by atoms with van der Waals surface area (Å²) < 4.78 is 13.1. The maximum absolute atomic E-state index is 13.1. The van der Waals surface area contributed by atoms with Crippen molar-refractivity contribution in [1.82, 2.24) is 10.6 Å². The first-order chi connectivity index (χ1) is 10.2. The minimum Gasteiger partial charge on any atom is -0.358 e. The highest BCUT2D eigenvalue weighted by Crippen LogP contribution is 2.24. The van der Waals surface area contributed by atoms with Crippen LogP contribution in [0.15, 0.2) is 54.6 Å². The van der Waals surface area contributed by atoms with Crippen molar-refractivity contribution in [3.05, 3.63) is 71.5 Å². The summed E-state index contributed by atoms with van der Waals surface area (Å²) in [4.78, 5) is 11.3. The van der Waals surface area contributed by atoms with E-state index in [0.717, 1.165) is 11.1 Å². The van der Waals surface area contributed by atoms with Crippen molar-refractivity contribution in [2.24, 2.45) is 0 Å². The first-order valence-electron chi connectivity index (χ1n) is 6.92. The lowest BCUT2D eigenvalue weighted by atomic mass is 9.91. The highest BCUT2D eigenvalue weighted by molar-refractivity contribution is 5.77. The molecule has 0 fully saturated rings. The van der Waals surface area contributed by atoms with Crippen LogP contribution < -0.4 is 10.6 Å². The Morgan fingerprint density at radius 1 is 1.05 bits per heavy atom. The number of carbonyl (C=O) groups is 1. The Hall–Kier alpha value is -2.20. The molecule has 2 aromatic rings. The Morgan fingerprint density at radius 3 is 2.29 bits per heavy atom. The van der Waals surface area contributed by atoms with Crippen LogP contribution >= 0.6 is 0 Å². The molecule has 21 heavy (non-hydrogen) atoms. The SMILES string of the molecule is CNC(=O)CNCC(c1ccccc1)c1ccc(F)cc1. The third kappa shape index (κ3) is 4.39. The van der Waals surface area contributed by atoms with E-state index in [-0.39, 0.29) is 24.2 Å². The molecule has 1 amide bonds. The zero-order chi connectivity index (χ0) is 15.1. The largest absolute Gasteiger partial charge is 0.358 e. The van der Waals surface area contributed by atoms with Crippen molar-refractivity contribution in [3.8, 4) is 0 Å². The summed E-state index contributed by atoms with van der Waals surface area (Å²) in [6, 6.07) is 16.5. The predicted octanol–water partition coefficient (Wildman–Crippen LogP) is 2.29.